The Kier molecular flexibility index (Phi) is 11.6. The van der Waals surface area contributed by atoms with Gasteiger partial charge in [0.1, 0.15) is 12.7 Å². The van der Waals surface area contributed by atoms with Crippen molar-refractivity contribution in [1.82, 2.24) is 24.4 Å². The number of nitrogens with zero attached hydrogens (tertiary/aromatic N) is 6. The van der Waals surface area contributed by atoms with Crippen LogP contribution in [0.15, 0.2) is 120 Å². The number of aromatic nitrogens is 4. The Labute approximate surface area is 319 Å². The third-order valence-corrected chi connectivity index (χ3v) is 8.87. The Bertz CT molecular complexity index is 2520. The molecule has 4 heterocycles. The van der Waals surface area contributed by atoms with E-state index in [1.165, 1.54) is 7.05 Å². The maximum absolute atomic E-state index is 12.3. The van der Waals surface area contributed by atoms with Crippen LogP contribution in [0, 0.1) is 24.7 Å². The fourth-order valence-electron chi connectivity index (χ4n) is 6.36. The summed E-state index contributed by atoms with van der Waals surface area (Å²) in [6.45, 7) is 2.74. The summed E-state index contributed by atoms with van der Waals surface area (Å²) in [6.07, 6.45) is 14.5. The van der Waals surface area contributed by atoms with E-state index in [0.29, 0.717) is 36.8 Å². The van der Waals surface area contributed by atoms with Gasteiger partial charge in [0, 0.05) is 40.4 Å². The number of nitrogens with two attached hydrogens (primary N) is 1. The lowest BCUT2D eigenvalue weighted by Gasteiger charge is -2.12. The maximum atomic E-state index is 12.3. The van der Waals surface area contributed by atoms with Crippen molar-refractivity contribution >= 4 is 23.3 Å². The molecule has 2 aliphatic heterocycles. The minimum atomic E-state index is -0.439. The van der Waals surface area contributed by atoms with Crippen molar-refractivity contribution in [1.29, 1.82) is 0 Å². The van der Waals surface area contributed by atoms with Crippen molar-refractivity contribution in [2.75, 3.05) is 20.7 Å². The van der Waals surface area contributed by atoms with Crippen LogP contribution in [0.2, 0.25) is 0 Å². The van der Waals surface area contributed by atoms with Gasteiger partial charge in [-0.1, -0.05) is 72.5 Å². The quantitative estimate of drug-likeness (QED) is 0.177. The lowest BCUT2D eigenvalue weighted by molar-refractivity contribution is 0.0518. The minimum absolute atomic E-state index is 0.223. The van der Waals surface area contributed by atoms with Gasteiger partial charge >= 0.3 is 5.97 Å². The summed E-state index contributed by atoms with van der Waals surface area (Å²) in [7, 11) is 3.09. The number of imidazole rings is 2. The largest absolute Gasteiger partial charge is 0.461 e. The number of fused-ring (bicyclic) bond motifs is 6. The highest BCUT2D eigenvalue weighted by Crippen LogP contribution is 2.29. The first-order valence-electron chi connectivity index (χ1n) is 17.5. The summed E-state index contributed by atoms with van der Waals surface area (Å²) in [5, 5.41) is 2.63. The zero-order chi connectivity index (χ0) is 38.9. The Morgan fingerprint density at radius 2 is 1.18 bits per heavy atom. The smallest absolute Gasteiger partial charge is 0.358 e. The second kappa shape index (κ2) is 17.0. The van der Waals surface area contributed by atoms with Crippen LogP contribution in [-0.2, 0) is 17.8 Å². The summed E-state index contributed by atoms with van der Waals surface area (Å²) < 4.78 is 8.95. The van der Waals surface area contributed by atoms with E-state index in [0.717, 1.165) is 61.9 Å². The molecule has 0 unspecified atom stereocenters. The average molecular weight is 727 g/mol. The number of esters is 1. The van der Waals surface area contributed by atoms with Crippen LogP contribution < -0.4 is 11.1 Å². The molecule has 0 fully saturated rings. The van der Waals surface area contributed by atoms with Crippen LogP contribution in [0.1, 0.15) is 72.7 Å². The molecule has 8 rings (SSSR count). The lowest BCUT2D eigenvalue weighted by Crippen LogP contribution is -2.20. The van der Waals surface area contributed by atoms with E-state index < -0.39 is 5.97 Å². The summed E-state index contributed by atoms with van der Waals surface area (Å²) in [4.78, 5) is 42.6. The number of hydrogen-bond acceptors (Lipinski definition) is 8. The average Bonchev–Trinajstić information content (AvgIpc) is 3.78. The van der Waals surface area contributed by atoms with E-state index in [1.54, 1.807) is 26.6 Å². The zero-order valence-corrected chi connectivity index (χ0v) is 30.7. The number of benzene rings is 4. The van der Waals surface area contributed by atoms with Crippen molar-refractivity contribution in [2.24, 2.45) is 15.7 Å². The second-order valence-electron chi connectivity index (χ2n) is 11.9. The fourth-order valence-corrected chi connectivity index (χ4v) is 6.36. The number of rotatable bonds is 5. The van der Waals surface area contributed by atoms with Gasteiger partial charge in [-0.2, -0.15) is 0 Å². The van der Waals surface area contributed by atoms with Crippen LogP contribution >= 0.6 is 0 Å². The summed E-state index contributed by atoms with van der Waals surface area (Å²) in [6, 6.07) is 31.4. The number of nitrogens with one attached hydrogen (secondary N) is 1. The molecule has 0 aliphatic carbocycles. The zero-order valence-electron chi connectivity index (χ0n) is 30.7. The van der Waals surface area contributed by atoms with Crippen LogP contribution in [-0.4, -0.2) is 63.1 Å². The predicted molar refractivity (Wildman–Crippen MR) is 214 cm³/mol. The fraction of sp³-hybridized carbons (Fsp3) is 0.136. The molecule has 0 radical (unpaired) electrons. The highest BCUT2D eigenvalue weighted by Gasteiger charge is 2.26. The van der Waals surface area contributed by atoms with Crippen LogP contribution in [0.4, 0.5) is 0 Å². The Morgan fingerprint density at radius 1 is 0.727 bits per heavy atom. The molecule has 272 valence electrons. The molecule has 0 atom stereocenters. The number of aliphatic imine (C=N–C) groups is 2. The Balaban J connectivity index is 0.000000179. The van der Waals surface area contributed by atoms with E-state index in [-0.39, 0.29) is 5.91 Å². The van der Waals surface area contributed by atoms with Crippen LogP contribution in [0.3, 0.4) is 0 Å². The molecule has 2 aliphatic rings. The van der Waals surface area contributed by atoms with Gasteiger partial charge in [-0.15, -0.1) is 12.8 Å². The van der Waals surface area contributed by atoms with E-state index in [2.05, 4.69) is 32.9 Å². The first kappa shape index (κ1) is 37.4. The lowest BCUT2D eigenvalue weighted by atomic mass is 9.98. The maximum Gasteiger partial charge on any atom is 0.358 e. The third-order valence-electron chi connectivity index (χ3n) is 8.87. The minimum Gasteiger partial charge on any atom is -0.461 e. The number of carbonyl (C=O) groups is 2. The van der Waals surface area contributed by atoms with E-state index >= 15 is 0 Å². The number of ether oxygens (including phenoxy) is 1. The first-order chi connectivity index (χ1) is 26.9. The molecule has 0 spiro atoms. The van der Waals surface area contributed by atoms with Gasteiger partial charge in [0.15, 0.2) is 11.4 Å². The number of terminal acetylenes is 2. The van der Waals surface area contributed by atoms with Crippen LogP contribution in [0.5, 0.6) is 0 Å². The highest BCUT2D eigenvalue weighted by molar-refractivity contribution is 6.16. The van der Waals surface area contributed by atoms with E-state index in [1.807, 2.05) is 106 Å². The second-order valence-corrected chi connectivity index (χ2v) is 11.9. The number of carbonyl (C=O) groups excluding carboxylic acids is 2. The van der Waals surface area contributed by atoms with Crippen molar-refractivity contribution in [3.8, 4) is 36.1 Å². The Hall–Kier alpha value is -7.34. The molecule has 2 aromatic heterocycles. The molecule has 0 bridgehead atoms. The van der Waals surface area contributed by atoms with Crippen molar-refractivity contribution in [3.63, 3.8) is 0 Å². The predicted octanol–water partition coefficient (Wildman–Crippen LogP) is 5.52. The molecule has 3 N–H and O–H groups in total. The molecule has 11 heteroatoms. The normalized spacial score (nSPS) is 11.9. The molecule has 55 heavy (non-hydrogen) atoms. The molecule has 0 saturated carbocycles. The van der Waals surface area contributed by atoms with E-state index in [4.69, 9.17) is 27.6 Å². The van der Waals surface area contributed by atoms with Gasteiger partial charge in [-0.3, -0.25) is 23.9 Å². The summed E-state index contributed by atoms with van der Waals surface area (Å²) >= 11 is 0. The monoisotopic (exact) mass is 726 g/mol. The molecule has 4 aromatic carbocycles. The molecular formula is C44H38N8O3. The van der Waals surface area contributed by atoms with Crippen molar-refractivity contribution < 1.29 is 14.3 Å². The molecule has 0 saturated heterocycles. The van der Waals surface area contributed by atoms with Gasteiger partial charge in [-0.05, 0) is 50.4 Å². The number of amides is 1. The van der Waals surface area contributed by atoms with Gasteiger partial charge in [0.25, 0.3) is 5.91 Å². The van der Waals surface area contributed by atoms with Crippen molar-refractivity contribution in [3.05, 3.63) is 166 Å². The van der Waals surface area contributed by atoms with Crippen molar-refractivity contribution in [2.45, 2.75) is 20.0 Å². The number of hydrogen-bond donors (Lipinski definition) is 2. The molecule has 1 amide bonds. The Morgan fingerprint density at radius 3 is 1.62 bits per heavy atom. The van der Waals surface area contributed by atoms with Gasteiger partial charge in [0.2, 0.25) is 0 Å². The van der Waals surface area contributed by atoms with E-state index in [9.17, 15) is 9.59 Å². The molecular weight excluding hydrogens is 689 g/mol. The van der Waals surface area contributed by atoms with Crippen LogP contribution in [0.25, 0.3) is 11.4 Å². The highest BCUT2D eigenvalue weighted by atomic mass is 16.5. The standard InChI is InChI=1S/C22H17N3O2.C21H16N4O.CH5N/c1-3-15-10-11-18-17(12-15)20(16-8-6-5-7-9-16)23-13-19-21(22(26)27-4-2)24-14-25(18)19;1-3-14-9-10-17-16(11-14)19(15-7-5-4-6-8-15)23-12-18-20(21(26)22-2)24-13-25(17)18;1-2/h1,5-12,14H,4,13H2,2H3;1,4-11,13H,12H2,2H3,(H,22,26);2H2,1H3. The van der Waals surface area contributed by atoms with Gasteiger partial charge in [0.05, 0.1) is 53.9 Å². The molecule has 6 aromatic rings. The van der Waals surface area contributed by atoms with Gasteiger partial charge in [-0.25, -0.2) is 14.8 Å². The molecule has 11 nitrogen and oxygen atoms in total. The van der Waals surface area contributed by atoms with Gasteiger partial charge < -0.3 is 15.8 Å². The topological polar surface area (TPSA) is 142 Å². The first-order valence-corrected chi connectivity index (χ1v) is 17.5. The SMILES string of the molecule is C#Cc1ccc2c(c1)C(c1ccccc1)=NCc1c(C(=O)NC)ncn1-2.C#Cc1ccc2c(c1)C(c1ccccc1)=NCc1c(C(=O)OCC)ncn1-2.CN. The summed E-state index contributed by atoms with van der Waals surface area (Å²) in [5.74, 6) is 4.70. The third kappa shape index (κ3) is 7.46. The summed E-state index contributed by atoms with van der Waals surface area (Å²) in [5.41, 5.74) is 15.5.